The molecule has 1 N–H and O–H groups in total. The molecular weight excluding hydrogens is 445 g/mol. The highest BCUT2D eigenvalue weighted by Gasteiger charge is 2.33. The number of ether oxygens (including phenoxy) is 2. The second kappa shape index (κ2) is 10.4. The first-order valence-corrected chi connectivity index (χ1v) is 10.6. The third-order valence-corrected chi connectivity index (χ3v) is 5.34. The first-order valence-electron chi connectivity index (χ1n) is 9.59. The van der Waals surface area contributed by atoms with Gasteiger partial charge in [-0.25, -0.2) is 0 Å². The quantitative estimate of drug-likeness (QED) is 0.463. The minimum absolute atomic E-state index is 0.121. The van der Waals surface area contributed by atoms with Crippen LogP contribution in [0.3, 0.4) is 0 Å². The average Bonchev–Trinajstić information content (AvgIpc) is 3.18. The van der Waals surface area contributed by atoms with Crippen molar-refractivity contribution in [1.82, 2.24) is 14.8 Å². The van der Waals surface area contributed by atoms with Gasteiger partial charge >= 0.3 is 6.18 Å². The van der Waals surface area contributed by atoms with Crippen molar-refractivity contribution in [3.05, 3.63) is 59.9 Å². The number of para-hydroxylation sites is 1. The normalized spacial score (nSPS) is 11.3. The average molecular weight is 466 g/mol. The van der Waals surface area contributed by atoms with Gasteiger partial charge in [0.2, 0.25) is 5.91 Å². The lowest BCUT2D eigenvalue weighted by atomic mass is 10.1. The summed E-state index contributed by atoms with van der Waals surface area (Å²) >= 11 is 1.08. The molecule has 0 fully saturated rings. The van der Waals surface area contributed by atoms with E-state index in [4.69, 9.17) is 9.47 Å². The highest BCUT2D eigenvalue weighted by molar-refractivity contribution is 7.99. The van der Waals surface area contributed by atoms with Crippen LogP contribution >= 0.6 is 11.8 Å². The van der Waals surface area contributed by atoms with E-state index in [1.54, 1.807) is 35.9 Å². The van der Waals surface area contributed by atoms with Crippen molar-refractivity contribution in [3.63, 3.8) is 0 Å². The summed E-state index contributed by atoms with van der Waals surface area (Å²) in [6.07, 6.45) is -4.56. The van der Waals surface area contributed by atoms with Gasteiger partial charge in [0.05, 0.1) is 24.1 Å². The number of benzene rings is 2. The monoisotopic (exact) mass is 466 g/mol. The molecule has 0 spiro atoms. The molecule has 0 aliphatic rings. The Hall–Kier alpha value is -3.21. The van der Waals surface area contributed by atoms with Crippen LogP contribution in [-0.2, 0) is 24.1 Å². The summed E-state index contributed by atoms with van der Waals surface area (Å²) in [4.78, 5) is 12.2. The zero-order chi connectivity index (χ0) is 23.1. The maximum absolute atomic E-state index is 13.1. The van der Waals surface area contributed by atoms with Gasteiger partial charge in [0, 0.05) is 6.54 Å². The number of halogens is 3. The second-order valence-electron chi connectivity index (χ2n) is 6.49. The molecule has 0 atom stereocenters. The van der Waals surface area contributed by atoms with E-state index in [2.05, 4.69) is 15.5 Å². The van der Waals surface area contributed by atoms with Crippen molar-refractivity contribution in [2.45, 2.75) is 31.4 Å². The van der Waals surface area contributed by atoms with E-state index < -0.39 is 17.6 Å². The lowest BCUT2D eigenvalue weighted by Gasteiger charge is -2.13. The summed E-state index contributed by atoms with van der Waals surface area (Å²) in [6, 6.07) is 11.9. The lowest BCUT2D eigenvalue weighted by Crippen LogP contribution is -2.18. The smallest absolute Gasteiger partial charge is 0.418 e. The summed E-state index contributed by atoms with van der Waals surface area (Å²) in [5, 5.41) is 11.0. The number of rotatable bonds is 9. The number of aromatic nitrogens is 3. The molecule has 0 unspecified atom stereocenters. The van der Waals surface area contributed by atoms with Gasteiger partial charge in [-0.15, -0.1) is 10.2 Å². The number of carbonyl (C=O) groups excluding carboxylic acids is 1. The number of nitrogens with zero attached hydrogens (tertiary/aromatic N) is 3. The fraction of sp³-hybridized carbons (Fsp3) is 0.286. The summed E-state index contributed by atoms with van der Waals surface area (Å²) in [7, 11) is 1.58. The SMILES string of the molecule is CCn1c(COc2ccc(OC)cc2)nnc1SCC(=O)Nc1ccccc1C(F)(F)F. The Morgan fingerprint density at radius 2 is 1.78 bits per heavy atom. The highest BCUT2D eigenvalue weighted by atomic mass is 32.2. The molecule has 32 heavy (non-hydrogen) atoms. The standard InChI is InChI=1S/C21H21F3N4O3S/c1-3-28-18(12-31-15-10-8-14(30-2)9-11-15)26-27-20(28)32-13-19(29)25-17-7-5-4-6-16(17)21(22,23)24/h4-11H,3,12-13H2,1-2H3,(H,25,29). The van der Waals surface area contributed by atoms with Crippen molar-refractivity contribution in [3.8, 4) is 11.5 Å². The van der Waals surface area contributed by atoms with Crippen LogP contribution < -0.4 is 14.8 Å². The number of hydrogen-bond donors (Lipinski definition) is 1. The van der Waals surface area contributed by atoms with Gasteiger partial charge in [0.15, 0.2) is 11.0 Å². The van der Waals surface area contributed by atoms with E-state index in [-0.39, 0.29) is 18.0 Å². The third-order valence-electron chi connectivity index (χ3n) is 4.38. The molecule has 7 nitrogen and oxygen atoms in total. The number of carbonyl (C=O) groups is 1. The summed E-state index contributed by atoms with van der Waals surface area (Å²) in [6.45, 7) is 2.60. The van der Waals surface area contributed by atoms with Gasteiger partial charge in [-0.3, -0.25) is 4.79 Å². The van der Waals surface area contributed by atoms with Crippen molar-refractivity contribution < 1.29 is 27.4 Å². The maximum atomic E-state index is 13.1. The Kier molecular flexibility index (Phi) is 7.62. The van der Waals surface area contributed by atoms with E-state index in [1.165, 1.54) is 18.2 Å². The Bertz CT molecular complexity index is 1060. The van der Waals surface area contributed by atoms with Gasteiger partial charge in [-0.05, 0) is 43.3 Å². The minimum atomic E-state index is -4.56. The fourth-order valence-electron chi connectivity index (χ4n) is 2.83. The van der Waals surface area contributed by atoms with Crippen LogP contribution in [0.25, 0.3) is 0 Å². The van der Waals surface area contributed by atoms with E-state index in [0.717, 1.165) is 17.8 Å². The molecule has 0 aliphatic carbocycles. The molecule has 0 radical (unpaired) electrons. The molecule has 0 saturated carbocycles. The Morgan fingerprint density at radius 1 is 1.09 bits per heavy atom. The summed E-state index contributed by atoms with van der Waals surface area (Å²) in [5.74, 6) is 1.21. The molecule has 11 heteroatoms. The van der Waals surface area contributed by atoms with Crippen molar-refractivity contribution in [1.29, 1.82) is 0 Å². The van der Waals surface area contributed by atoms with Crippen molar-refractivity contribution in [2.24, 2.45) is 0 Å². The molecule has 2 aromatic carbocycles. The molecule has 3 aromatic rings. The van der Waals surface area contributed by atoms with Crippen molar-refractivity contribution in [2.75, 3.05) is 18.2 Å². The number of hydrogen-bond acceptors (Lipinski definition) is 6. The van der Waals surface area contributed by atoms with Crippen molar-refractivity contribution >= 4 is 23.4 Å². The molecule has 1 aromatic heterocycles. The molecule has 1 heterocycles. The van der Waals surface area contributed by atoms with Crippen LogP contribution in [0.4, 0.5) is 18.9 Å². The van der Waals surface area contributed by atoms with E-state index in [1.807, 2.05) is 6.92 Å². The van der Waals surface area contributed by atoms with Crippen LogP contribution in [0.15, 0.2) is 53.7 Å². The zero-order valence-electron chi connectivity index (χ0n) is 17.3. The summed E-state index contributed by atoms with van der Waals surface area (Å²) in [5.41, 5.74) is -1.18. The predicted molar refractivity (Wildman–Crippen MR) is 114 cm³/mol. The Labute approximate surface area is 186 Å². The summed E-state index contributed by atoms with van der Waals surface area (Å²) < 4.78 is 51.9. The maximum Gasteiger partial charge on any atom is 0.418 e. The minimum Gasteiger partial charge on any atom is -0.497 e. The molecule has 170 valence electrons. The topological polar surface area (TPSA) is 78.3 Å². The highest BCUT2D eigenvalue weighted by Crippen LogP contribution is 2.34. The number of alkyl halides is 3. The van der Waals surface area contributed by atoms with E-state index >= 15 is 0 Å². The van der Waals surface area contributed by atoms with Crippen LogP contribution in [-0.4, -0.2) is 33.5 Å². The van der Waals surface area contributed by atoms with Gasteiger partial charge in [0.25, 0.3) is 0 Å². The van der Waals surface area contributed by atoms with Crippen LogP contribution in [0.1, 0.15) is 18.3 Å². The molecule has 0 aliphatic heterocycles. The van der Waals surface area contributed by atoms with E-state index in [9.17, 15) is 18.0 Å². The largest absolute Gasteiger partial charge is 0.497 e. The Morgan fingerprint density at radius 3 is 2.44 bits per heavy atom. The first kappa shape index (κ1) is 23.5. The predicted octanol–water partition coefficient (Wildman–Crippen LogP) is 4.64. The fourth-order valence-corrected chi connectivity index (χ4v) is 3.65. The number of amides is 1. The number of thioether (sulfide) groups is 1. The van der Waals surface area contributed by atoms with E-state index in [0.29, 0.717) is 29.0 Å². The number of anilines is 1. The third kappa shape index (κ3) is 5.94. The van der Waals surface area contributed by atoms with Crippen LogP contribution in [0, 0.1) is 0 Å². The molecular formula is C21H21F3N4O3S. The van der Waals surface area contributed by atoms with Gasteiger partial charge in [0.1, 0.15) is 18.1 Å². The zero-order valence-corrected chi connectivity index (χ0v) is 18.2. The first-order chi connectivity index (χ1) is 15.3. The second-order valence-corrected chi connectivity index (χ2v) is 7.43. The molecule has 0 saturated heterocycles. The Balaban J connectivity index is 1.60. The van der Waals surface area contributed by atoms with Gasteiger partial charge in [-0.1, -0.05) is 23.9 Å². The molecule has 3 rings (SSSR count). The number of methoxy groups -OCH3 is 1. The molecule has 1 amide bonds. The lowest BCUT2D eigenvalue weighted by molar-refractivity contribution is -0.137. The van der Waals surface area contributed by atoms with Gasteiger partial charge < -0.3 is 19.4 Å². The van der Waals surface area contributed by atoms with Gasteiger partial charge in [-0.2, -0.15) is 13.2 Å². The van der Waals surface area contributed by atoms with Crippen LogP contribution in [0.5, 0.6) is 11.5 Å². The van der Waals surface area contributed by atoms with Crippen LogP contribution in [0.2, 0.25) is 0 Å². The number of nitrogens with one attached hydrogen (secondary N) is 1. The molecule has 0 bridgehead atoms.